The van der Waals surface area contributed by atoms with Crippen molar-refractivity contribution in [1.82, 2.24) is 9.97 Å². The first kappa shape index (κ1) is 23.6. The number of nitro benzene ring substituents is 1. The minimum atomic E-state index is -0.460. The Bertz CT molecular complexity index is 1930. The molecule has 0 radical (unpaired) electrons. The van der Waals surface area contributed by atoms with Crippen molar-refractivity contribution in [1.29, 1.82) is 5.26 Å². The summed E-state index contributed by atoms with van der Waals surface area (Å²) in [6, 6.07) is 27.7. The topological polar surface area (TPSA) is 119 Å². The molecule has 2 N–H and O–H groups in total. The number of thiophene rings is 1. The first-order valence-corrected chi connectivity index (χ1v) is 12.7. The van der Waals surface area contributed by atoms with Gasteiger partial charge in [-0.05, 0) is 35.4 Å². The van der Waals surface area contributed by atoms with Crippen LogP contribution in [0.1, 0.15) is 5.56 Å². The first-order valence-electron chi connectivity index (χ1n) is 11.5. The molecule has 0 bridgehead atoms. The van der Waals surface area contributed by atoms with Crippen LogP contribution in [0.15, 0.2) is 84.9 Å². The van der Waals surface area contributed by atoms with Crippen molar-refractivity contribution in [3.05, 3.63) is 106 Å². The Balaban J connectivity index is 1.77. The number of rotatable bonds is 4. The molecule has 0 atom stereocenters. The summed E-state index contributed by atoms with van der Waals surface area (Å²) in [5.74, 6) is 0.00800. The number of pyridine rings is 2. The van der Waals surface area contributed by atoms with Crippen LogP contribution in [-0.4, -0.2) is 14.9 Å². The molecule has 0 amide bonds. The number of halogens is 1. The minimum Gasteiger partial charge on any atom is -0.383 e. The van der Waals surface area contributed by atoms with Crippen LogP contribution in [0.25, 0.3) is 53.9 Å². The largest absolute Gasteiger partial charge is 0.383 e. The summed E-state index contributed by atoms with van der Waals surface area (Å²) in [5.41, 5.74) is 11.0. The third kappa shape index (κ3) is 3.82. The number of nitrogens with zero attached hydrogens (tertiary/aromatic N) is 4. The summed E-state index contributed by atoms with van der Waals surface area (Å²) in [4.78, 5) is 21.7. The van der Waals surface area contributed by atoms with Gasteiger partial charge in [-0.15, -0.1) is 11.3 Å². The number of para-hydroxylation sites is 1. The van der Waals surface area contributed by atoms with E-state index in [-0.39, 0.29) is 17.1 Å². The predicted octanol–water partition coefficient (Wildman–Crippen LogP) is 7.86. The van der Waals surface area contributed by atoms with E-state index in [0.717, 1.165) is 27.8 Å². The molecule has 0 aliphatic carbocycles. The average molecular weight is 534 g/mol. The Labute approximate surface area is 225 Å². The number of fused-ring (bicyclic) bond motifs is 3. The van der Waals surface area contributed by atoms with E-state index in [2.05, 4.69) is 11.1 Å². The highest BCUT2D eigenvalue weighted by atomic mass is 35.5. The molecule has 3 aromatic heterocycles. The van der Waals surface area contributed by atoms with Crippen molar-refractivity contribution >= 4 is 54.9 Å². The predicted molar refractivity (Wildman–Crippen MR) is 152 cm³/mol. The summed E-state index contributed by atoms with van der Waals surface area (Å²) in [6.45, 7) is 0. The molecular formula is C29H16ClN5O2S. The maximum Gasteiger partial charge on any atom is 0.277 e. The van der Waals surface area contributed by atoms with E-state index in [9.17, 15) is 15.4 Å². The zero-order chi connectivity index (χ0) is 26.4. The average Bonchev–Trinajstić information content (AvgIpc) is 3.30. The Hall–Kier alpha value is -4.84. The number of hydrogen-bond acceptors (Lipinski definition) is 7. The molecule has 3 heterocycles. The Morgan fingerprint density at radius 1 is 0.921 bits per heavy atom. The van der Waals surface area contributed by atoms with Gasteiger partial charge in [-0.2, -0.15) is 5.26 Å². The second-order valence-electron chi connectivity index (χ2n) is 8.52. The molecule has 38 heavy (non-hydrogen) atoms. The quantitative estimate of drug-likeness (QED) is 0.182. The number of benzene rings is 3. The number of hydrogen-bond donors (Lipinski definition) is 1. The van der Waals surface area contributed by atoms with Crippen LogP contribution in [0.3, 0.4) is 0 Å². The number of nitrogens with two attached hydrogens (primary N) is 1. The van der Waals surface area contributed by atoms with Crippen LogP contribution in [0.4, 0.5) is 11.5 Å². The molecule has 182 valence electrons. The lowest BCUT2D eigenvalue weighted by Gasteiger charge is -2.10. The van der Waals surface area contributed by atoms with Gasteiger partial charge in [-0.3, -0.25) is 10.1 Å². The lowest BCUT2D eigenvalue weighted by molar-refractivity contribution is -0.384. The maximum absolute atomic E-state index is 11.9. The third-order valence-corrected chi connectivity index (χ3v) is 7.65. The molecule has 0 aliphatic rings. The second-order valence-corrected chi connectivity index (χ2v) is 9.96. The molecule has 6 rings (SSSR count). The van der Waals surface area contributed by atoms with Gasteiger partial charge in [0.1, 0.15) is 22.3 Å². The van der Waals surface area contributed by atoms with Gasteiger partial charge in [0.25, 0.3) is 5.69 Å². The zero-order valence-electron chi connectivity index (χ0n) is 19.6. The van der Waals surface area contributed by atoms with E-state index in [1.54, 1.807) is 18.2 Å². The molecule has 0 unspecified atom stereocenters. The molecule has 6 aromatic rings. The van der Waals surface area contributed by atoms with E-state index in [1.165, 1.54) is 17.4 Å². The number of anilines is 1. The Morgan fingerprint density at radius 3 is 2.34 bits per heavy atom. The van der Waals surface area contributed by atoms with Gasteiger partial charge >= 0.3 is 0 Å². The van der Waals surface area contributed by atoms with Gasteiger partial charge in [0, 0.05) is 27.6 Å². The van der Waals surface area contributed by atoms with E-state index in [4.69, 9.17) is 22.3 Å². The molecule has 7 nitrogen and oxygen atoms in total. The lowest BCUT2D eigenvalue weighted by Crippen LogP contribution is -2.00. The third-order valence-electron chi connectivity index (χ3n) is 6.31. The molecule has 0 spiro atoms. The van der Waals surface area contributed by atoms with Gasteiger partial charge in [0.2, 0.25) is 0 Å². The highest BCUT2D eigenvalue weighted by Gasteiger charge is 2.26. The van der Waals surface area contributed by atoms with E-state index in [0.29, 0.717) is 31.2 Å². The van der Waals surface area contributed by atoms with Crippen LogP contribution in [0, 0.1) is 21.4 Å². The van der Waals surface area contributed by atoms with E-state index >= 15 is 0 Å². The van der Waals surface area contributed by atoms with E-state index in [1.807, 2.05) is 60.7 Å². The fourth-order valence-corrected chi connectivity index (χ4v) is 5.94. The van der Waals surface area contributed by atoms with Crippen molar-refractivity contribution in [2.75, 3.05) is 5.73 Å². The minimum absolute atomic E-state index is 0.00800. The number of nitriles is 1. The summed E-state index contributed by atoms with van der Waals surface area (Å²) in [7, 11) is 0. The Kier molecular flexibility index (Phi) is 5.72. The van der Waals surface area contributed by atoms with Gasteiger partial charge in [0.05, 0.1) is 26.4 Å². The SMILES string of the molecule is N#Cc1c(N)nc2c(sc3nc(-c4ccc(Cl)cc4)cc(-c4ccccc4)c32)c1-c1ccccc1[N+](=O)[O-]. The summed E-state index contributed by atoms with van der Waals surface area (Å²) >= 11 is 7.45. The van der Waals surface area contributed by atoms with Gasteiger partial charge in [-0.1, -0.05) is 66.2 Å². The standard InChI is InChI=1S/C29H16ClN5O2S/c30-18-12-10-17(11-13-18)22-14-20(16-6-2-1-3-7-16)25-26-27(38-29(25)33-22)24(21(15-31)28(32)34-26)19-8-4-5-9-23(19)35(36)37/h1-14H,(H2,32,34). The van der Waals surface area contributed by atoms with Crippen LogP contribution >= 0.6 is 22.9 Å². The summed E-state index contributed by atoms with van der Waals surface area (Å²) in [5, 5.41) is 23.3. The van der Waals surface area contributed by atoms with Gasteiger partial charge in [-0.25, -0.2) is 9.97 Å². The maximum atomic E-state index is 11.9. The van der Waals surface area contributed by atoms with Gasteiger partial charge in [0.15, 0.2) is 0 Å². The second kappa shape index (κ2) is 9.23. The molecule has 0 saturated heterocycles. The highest BCUT2D eigenvalue weighted by molar-refractivity contribution is 7.26. The summed E-state index contributed by atoms with van der Waals surface area (Å²) in [6.07, 6.45) is 0. The van der Waals surface area contributed by atoms with Gasteiger partial charge < -0.3 is 5.73 Å². The van der Waals surface area contributed by atoms with Crippen molar-refractivity contribution in [2.45, 2.75) is 0 Å². The van der Waals surface area contributed by atoms with Crippen LogP contribution in [0.5, 0.6) is 0 Å². The fraction of sp³-hybridized carbons (Fsp3) is 0. The van der Waals surface area contributed by atoms with Crippen LogP contribution < -0.4 is 5.73 Å². The molecule has 9 heteroatoms. The number of aromatic nitrogens is 2. The molecule has 0 saturated carbocycles. The molecular weight excluding hydrogens is 518 g/mol. The molecule has 3 aromatic carbocycles. The van der Waals surface area contributed by atoms with Crippen molar-refractivity contribution < 1.29 is 4.92 Å². The van der Waals surface area contributed by atoms with Crippen LogP contribution in [0.2, 0.25) is 5.02 Å². The van der Waals surface area contributed by atoms with Crippen molar-refractivity contribution in [2.24, 2.45) is 0 Å². The van der Waals surface area contributed by atoms with Crippen LogP contribution in [-0.2, 0) is 0 Å². The fourth-order valence-electron chi connectivity index (χ4n) is 4.61. The first-order chi connectivity index (χ1) is 18.5. The van der Waals surface area contributed by atoms with Crippen molar-refractivity contribution in [3.63, 3.8) is 0 Å². The molecule has 0 fully saturated rings. The Morgan fingerprint density at radius 2 is 1.63 bits per heavy atom. The normalized spacial score (nSPS) is 11.1. The smallest absolute Gasteiger partial charge is 0.277 e. The molecule has 0 aliphatic heterocycles. The van der Waals surface area contributed by atoms with E-state index < -0.39 is 4.92 Å². The number of nitrogen functional groups attached to an aromatic ring is 1. The monoisotopic (exact) mass is 533 g/mol. The number of nitro groups is 1. The summed E-state index contributed by atoms with van der Waals surface area (Å²) < 4.78 is 0.609. The zero-order valence-corrected chi connectivity index (χ0v) is 21.1. The highest BCUT2D eigenvalue weighted by Crippen LogP contribution is 2.47. The van der Waals surface area contributed by atoms with Crippen molar-refractivity contribution in [3.8, 4) is 39.6 Å². The lowest BCUT2D eigenvalue weighted by atomic mass is 9.96.